The number of thioether (sulfide) groups is 1. The second-order valence-corrected chi connectivity index (χ2v) is 11.9. The lowest BCUT2D eigenvalue weighted by atomic mass is 9.93. The molecule has 2 aromatic rings. The van der Waals surface area contributed by atoms with Crippen molar-refractivity contribution in [2.24, 2.45) is 5.92 Å². The number of ether oxygens (including phenoxy) is 2. The average molecular weight is 498 g/mol. The van der Waals surface area contributed by atoms with Crippen LogP contribution in [0, 0.1) is 12.8 Å². The summed E-state index contributed by atoms with van der Waals surface area (Å²) in [6, 6.07) is 10.8. The van der Waals surface area contributed by atoms with Crippen molar-refractivity contribution in [1.29, 1.82) is 0 Å². The van der Waals surface area contributed by atoms with Gasteiger partial charge in [0.05, 0.1) is 18.8 Å². The Bertz CT molecular complexity index is 1130. The van der Waals surface area contributed by atoms with Crippen LogP contribution in [0.2, 0.25) is 0 Å². The van der Waals surface area contributed by atoms with E-state index in [1.807, 2.05) is 37.7 Å². The van der Waals surface area contributed by atoms with Crippen LogP contribution in [0.5, 0.6) is 5.75 Å². The average Bonchev–Trinajstić information content (AvgIpc) is 3.12. The number of carbonyl (C=O) groups is 1. The molecule has 1 aliphatic carbocycles. The zero-order valence-electron chi connectivity index (χ0n) is 20.8. The van der Waals surface area contributed by atoms with E-state index >= 15 is 0 Å². The van der Waals surface area contributed by atoms with Gasteiger partial charge in [-0.05, 0) is 68.9 Å². The number of rotatable bonds is 10. The van der Waals surface area contributed by atoms with E-state index in [0.29, 0.717) is 6.54 Å². The molecule has 3 aliphatic rings. The van der Waals surface area contributed by atoms with E-state index in [2.05, 4.69) is 37.4 Å². The van der Waals surface area contributed by atoms with Gasteiger partial charge in [-0.15, -0.1) is 11.8 Å². The first kappa shape index (κ1) is 24.6. The molecule has 5 atom stereocenters. The molecule has 2 heterocycles. The molecule has 5 rings (SSSR count). The lowest BCUT2D eigenvalue weighted by Gasteiger charge is -2.28. The van der Waals surface area contributed by atoms with Gasteiger partial charge in [-0.25, -0.2) is 0 Å². The molecule has 7 heteroatoms. The molecule has 0 aromatic heterocycles. The normalized spacial score (nSPS) is 23.7. The summed E-state index contributed by atoms with van der Waals surface area (Å²) in [6.45, 7) is 8.87. The Morgan fingerprint density at radius 3 is 2.89 bits per heavy atom. The van der Waals surface area contributed by atoms with E-state index in [1.54, 1.807) is 0 Å². The molecule has 0 unspecified atom stereocenters. The first-order chi connectivity index (χ1) is 16.6. The smallest absolute Gasteiger partial charge is 0.311 e. The van der Waals surface area contributed by atoms with Crippen molar-refractivity contribution in [2.75, 3.05) is 18.9 Å². The SMILES string of the molecule is Cc1ccc([C@@H](C)OC[C@H](O)CNC(C)(C)Cc2ccc3c(c2)CCS3)c2c1O[C@@H]1[C@@H](C(=O)O)[C@H]21. The lowest BCUT2D eigenvalue weighted by molar-refractivity contribution is -0.139. The summed E-state index contributed by atoms with van der Waals surface area (Å²) in [5.74, 6) is 0.588. The summed E-state index contributed by atoms with van der Waals surface area (Å²) in [7, 11) is 0. The first-order valence-corrected chi connectivity index (χ1v) is 13.5. The van der Waals surface area contributed by atoms with E-state index in [9.17, 15) is 15.0 Å². The van der Waals surface area contributed by atoms with Gasteiger partial charge in [0.25, 0.3) is 0 Å². The third-order valence-corrected chi connectivity index (χ3v) is 8.56. The molecule has 6 nitrogen and oxygen atoms in total. The molecule has 35 heavy (non-hydrogen) atoms. The molecule has 2 aliphatic heterocycles. The Labute approximate surface area is 211 Å². The number of nitrogens with one attached hydrogen (secondary N) is 1. The largest absolute Gasteiger partial charge is 0.488 e. The first-order valence-electron chi connectivity index (χ1n) is 12.5. The maximum absolute atomic E-state index is 11.5. The fourth-order valence-electron chi connectivity index (χ4n) is 5.50. The number of carboxylic acids is 1. The quantitative estimate of drug-likeness (QED) is 0.452. The van der Waals surface area contributed by atoms with Crippen molar-refractivity contribution in [3.05, 3.63) is 58.1 Å². The van der Waals surface area contributed by atoms with Crippen LogP contribution in [0.15, 0.2) is 35.2 Å². The predicted molar refractivity (Wildman–Crippen MR) is 136 cm³/mol. The number of aliphatic carboxylic acids is 1. The van der Waals surface area contributed by atoms with E-state index in [4.69, 9.17) is 9.47 Å². The van der Waals surface area contributed by atoms with Crippen LogP contribution in [0.3, 0.4) is 0 Å². The van der Waals surface area contributed by atoms with Crippen molar-refractivity contribution in [1.82, 2.24) is 5.32 Å². The second kappa shape index (κ2) is 9.43. The molecule has 0 spiro atoms. The van der Waals surface area contributed by atoms with E-state index in [1.165, 1.54) is 21.8 Å². The fourth-order valence-corrected chi connectivity index (χ4v) is 6.56. The molecule has 0 bridgehead atoms. The number of hydrogen-bond acceptors (Lipinski definition) is 6. The number of aliphatic hydroxyl groups is 1. The molecule has 0 amide bonds. The molecule has 1 fully saturated rings. The maximum atomic E-state index is 11.5. The Hall–Kier alpha value is -2.06. The summed E-state index contributed by atoms with van der Waals surface area (Å²) in [5, 5.41) is 23.6. The van der Waals surface area contributed by atoms with Crippen LogP contribution in [-0.2, 0) is 22.4 Å². The minimum Gasteiger partial charge on any atom is -0.488 e. The predicted octanol–water partition coefficient (Wildman–Crippen LogP) is 4.25. The van der Waals surface area contributed by atoms with Gasteiger partial charge >= 0.3 is 5.97 Å². The van der Waals surface area contributed by atoms with Crippen LogP contribution >= 0.6 is 11.8 Å². The highest BCUT2D eigenvalue weighted by Gasteiger charge is 2.64. The summed E-state index contributed by atoms with van der Waals surface area (Å²) in [6.07, 6.45) is 0.843. The van der Waals surface area contributed by atoms with Gasteiger partial charge in [-0.2, -0.15) is 0 Å². The third-order valence-electron chi connectivity index (χ3n) is 7.45. The minimum absolute atomic E-state index is 0.103. The van der Waals surface area contributed by atoms with Crippen molar-refractivity contribution in [3.8, 4) is 5.75 Å². The summed E-state index contributed by atoms with van der Waals surface area (Å²) < 4.78 is 12.0. The zero-order valence-corrected chi connectivity index (χ0v) is 21.7. The Morgan fingerprint density at radius 2 is 2.11 bits per heavy atom. The van der Waals surface area contributed by atoms with Gasteiger partial charge < -0.3 is 25.0 Å². The van der Waals surface area contributed by atoms with Gasteiger partial charge in [0.1, 0.15) is 17.8 Å². The Kier molecular flexibility index (Phi) is 6.64. The van der Waals surface area contributed by atoms with E-state index in [-0.39, 0.29) is 30.3 Å². The van der Waals surface area contributed by atoms with Crippen molar-refractivity contribution in [2.45, 2.75) is 75.2 Å². The van der Waals surface area contributed by atoms with Crippen LogP contribution in [-0.4, -0.2) is 52.8 Å². The number of benzene rings is 2. The number of aliphatic hydroxyl groups excluding tert-OH is 1. The highest BCUT2D eigenvalue weighted by atomic mass is 32.2. The number of hydrogen-bond donors (Lipinski definition) is 3. The van der Waals surface area contributed by atoms with Crippen molar-refractivity contribution in [3.63, 3.8) is 0 Å². The minimum atomic E-state index is -0.811. The van der Waals surface area contributed by atoms with Crippen LogP contribution in [0.1, 0.15) is 60.6 Å². The van der Waals surface area contributed by atoms with Crippen LogP contribution in [0.4, 0.5) is 0 Å². The number of β-amino-alcohol motifs (C(OH)–C–C–N with tert-alkyl or cyclic N) is 1. The molecule has 2 aromatic carbocycles. The number of fused-ring (bicyclic) bond motifs is 4. The summed E-state index contributed by atoms with van der Waals surface area (Å²) in [5.41, 5.74) is 5.55. The Morgan fingerprint density at radius 1 is 1.31 bits per heavy atom. The molecular formula is C28H35NO5S. The molecule has 0 saturated heterocycles. The highest BCUT2D eigenvalue weighted by Crippen LogP contribution is 2.61. The number of aryl methyl sites for hydroxylation is 2. The number of carboxylic acid groups (broad SMARTS) is 1. The second-order valence-electron chi connectivity index (χ2n) is 10.8. The third kappa shape index (κ3) is 4.96. The summed E-state index contributed by atoms with van der Waals surface area (Å²) >= 11 is 1.93. The van der Waals surface area contributed by atoms with E-state index < -0.39 is 18.0 Å². The van der Waals surface area contributed by atoms with Gasteiger partial charge in [-0.1, -0.05) is 24.3 Å². The lowest BCUT2D eigenvalue weighted by Crippen LogP contribution is -2.46. The van der Waals surface area contributed by atoms with Crippen LogP contribution in [0.25, 0.3) is 0 Å². The van der Waals surface area contributed by atoms with Crippen LogP contribution < -0.4 is 10.1 Å². The molecular weight excluding hydrogens is 462 g/mol. The molecule has 1 saturated carbocycles. The van der Waals surface area contributed by atoms with Gasteiger partial charge in [0.2, 0.25) is 0 Å². The van der Waals surface area contributed by atoms with Crippen molar-refractivity contribution >= 4 is 17.7 Å². The Balaban J connectivity index is 1.15. The molecule has 3 N–H and O–H groups in total. The van der Waals surface area contributed by atoms with Gasteiger partial charge in [-0.3, -0.25) is 4.79 Å². The summed E-state index contributed by atoms with van der Waals surface area (Å²) in [4.78, 5) is 12.9. The highest BCUT2D eigenvalue weighted by molar-refractivity contribution is 7.99. The fraction of sp³-hybridized carbons (Fsp3) is 0.536. The van der Waals surface area contributed by atoms with E-state index in [0.717, 1.165) is 35.3 Å². The zero-order chi connectivity index (χ0) is 24.9. The topological polar surface area (TPSA) is 88.0 Å². The standard InChI is InChI=1S/C28H35NO5S/c1-15-5-7-20(22-23-24(27(31)32)26(23)34-25(15)22)16(2)33-14-19(30)13-29-28(3,4)12-17-6-8-21-18(11-17)9-10-35-21/h5-8,11,16,19,23-24,26,29-30H,9-10,12-14H2,1-4H3,(H,31,32)/t16-,19-,23+,24+,26+/m1/s1. The maximum Gasteiger partial charge on any atom is 0.311 e. The van der Waals surface area contributed by atoms with Crippen molar-refractivity contribution < 1.29 is 24.5 Å². The monoisotopic (exact) mass is 497 g/mol. The molecule has 188 valence electrons. The van der Waals surface area contributed by atoms with Gasteiger partial charge in [0.15, 0.2) is 0 Å². The molecule has 0 radical (unpaired) electrons. The van der Waals surface area contributed by atoms with Gasteiger partial charge in [0, 0.05) is 34.2 Å².